The fraction of sp³-hybridized carbons (Fsp3) is 0.565. The monoisotopic (exact) mass is 455 g/mol. The van der Waals surface area contributed by atoms with Gasteiger partial charge in [-0.05, 0) is 42.4 Å². The Morgan fingerprint density at radius 1 is 1.35 bits per heavy atom. The van der Waals surface area contributed by atoms with Crippen molar-refractivity contribution in [2.45, 2.75) is 64.1 Å². The second-order valence-electron chi connectivity index (χ2n) is 8.65. The second kappa shape index (κ2) is 9.45. The Hall–Kier alpha value is -1.67. The molecule has 1 aliphatic heterocycles. The lowest BCUT2D eigenvalue weighted by atomic mass is 9.88. The molecule has 4 rings (SSSR count). The summed E-state index contributed by atoms with van der Waals surface area (Å²) in [5.41, 5.74) is 3.07. The van der Waals surface area contributed by atoms with Crippen LogP contribution in [-0.2, 0) is 22.4 Å². The maximum Gasteiger partial charge on any atom is 0.387 e. The van der Waals surface area contributed by atoms with E-state index < -0.39 is 12.7 Å². The van der Waals surface area contributed by atoms with E-state index in [-0.39, 0.29) is 36.4 Å². The van der Waals surface area contributed by atoms with Crippen molar-refractivity contribution in [2.24, 2.45) is 11.8 Å². The number of hydrogen-bond acceptors (Lipinski definition) is 4. The number of halogens is 3. The summed E-state index contributed by atoms with van der Waals surface area (Å²) in [5.74, 6) is 0.581. The molecular weight excluding hydrogens is 428 g/mol. The molecule has 0 bridgehead atoms. The number of hydrogen-bond donors (Lipinski definition) is 2. The third-order valence-electron chi connectivity index (χ3n) is 6.14. The van der Waals surface area contributed by atoms with Gasteiger partial charge in [0.1, 0.15) is 5.76 Å². The van der Waals surface area contributed by atoms with Crippen molar-refractivity contribution in [3.63, 3.8) is 0 Å². The Kier molecular flexibility index (Phi) is 6.86. The van der Waals surface area contributed by atoms with Crippen LogP contribution in [0.5, 0.6) is 0 Å². The van der Waals surface area contributed by atoms with E-state index in [1.165, 1.54) is 0 Å². The van der Waals surface area contributed by atoms with E-state index in [0.717, 1.165) is 23.2 Å². The van der Waals surface area contributed by atoms with Gasteiger partial charge in [0, 0.05) is 31.1 Å². The van der Waals surface area contributed by atoms with Gasteiger partial charge >= 0.3 is 6.61 Å². The maximum absolute atomic E-state index is 12.4. The molecule has 0 spiro atoms. The first kappa shape index (κ1) is 22.5. The summed E-state index contributed by atoms with van der Waals surface area (Å²) in [4.78, 5) is 0. The minimum Gasteiger partial charge on any atom is -0.435 e. The van der Waals surface area contributed by atoms with Gasteiger partial charge in [0.05, 0.1) is 35.6 Å². The van der Waals surface area contributed by atoms with Crippen LogP contribution in [0.25, 0.3) is 5.03 Å². The van der Waals surface area contributed by atoms with Gasteiger partial charge in [-0.1, -0.05) is 30.7 Å². The molecule has 3 aliphatic rings. The number of aromatic nitrogens is 1. The molecule has 5 nitrogen and oxygen atoms in total. The largest absolute Gasteiger partial charge is 0.435 e. The molecule has 0 saturated carbocycles. The fourth-order valence-corrected chi connectivity index (χ4v) is 5.22. The average molecular weight is 456 g/mol. The predicted molar refractivity (Wildman–Crippen MR) is 113 cm³/mol. The highest BCUT2D eigenvalue weighted by Gasteiger charge is 2.34. The smallest absolute Gasteiger partial charge is 0.387 e. The Labute approximate surface area is 185 Å². The standard InChI is InChI=1S/C23H28ClF2NO4/c1-13-6-18-19(21-9-15(29)8-17(12-28)30-21)11-27(22(18)20(24)7-13)10-14-2-4-16(5-3-14)31-23(25)26/h2,4-5,7,11,13-15,17,21,23,28-29H,3,6,8-10,12H2,1H3/t13-,14-,15+,17+,21-/m1/s1. The topological polar surface area (TPSA) is 63.8 Å². The van der Waals surface area contributed by atoms with Crippen LogP contribution in [0.1, 0.15) is 49.1 Å². The Morgan fingerprint density at radius 2 is 2.16 bits per heavy atom. The van der Waals surface area contributed by atoms with Crippen molar-refractivity contribution in [1.29, 1.82) is 0 Å². The molecule has 2 heterocycles. The van der Waals surface area contributed by atoms with Crippen molar-refractivity contribution in [1.82, 2.24) is 4.57 Å². The molecule has 2 N–H and O–H groups in total. The number of rotatable bonds is 6. The highest BCUT2D eigenvalue weighted by molar-refractivity contribution is 6.48. The molecule has 2 aliphatic carbocycles. The van der Waals surface area contributed by atoms with Crippen molar-refractivity contribution < 1.29 is 28.5 Å². The van der Waals surface area contributed by atoms with Gasteiger partial charge in [-0.3, -0.25) is 0 Å². The van der Waals surface area contributed by atoms with Crippen molar-refractivity contribution in [3.05, 3.63) is 53.1 Å². The number of aliphatic hydroxyl groups is 2. The molecule has 5 atom stereocenters. The third kappa shape index (κ3) is 5.06. The molecule has 31 heavy (non-hydrogen) atoms. The van der Waals surface area contributed by atoms with Crippen molar-refractivity contribution in [2.75, 3.05) is 6.61 Å². The Morgan fingerprint density at radius 3 is 2.84 bits per heavy atom. The summed E-state index contributed by atoms with van der Waals surface area (Å²) in [6.45, 7) is -0.214. The number of aliphatic hydroxyl groups excluding tert-OH is 2. The summed E-state index contributed by atoms with van der Waals surface area (Å²) in [6.07, 6.45) is 10.3. The molecule has 0 amide bonds. The third-order valence-corrected chi connectivity index (χ3v) is 6.44. The first-order valence-electron chi connectivity index (χ1n) is 10.7. The van der Waals surface area contributed by atoms with Gasteiger partial charge in [0.25, 0.3) is 0 Å². The first-order valence-corrected chi connectivity index (χ1v) is 11.1. The molecule has 0 unspecified atom stereocenters. The van der Waals surface area contributed by atoms with Crippen LogP contribution < -0.4 is 0 Å². The fourth-order valence-electron chi connectivity index (χ4n) is 4.78. The van der Waals surface area contributed by atoms with Gasteiger partial charge < -0.3 is 24.3 Å². The zero-order valence-electron chi connectivity index (χ0n) is 17.4. The summed E-state index contributed by atoms with van der Waals surface area (Å²) >= 11 is 6.66. The lowest BCUT2D eigenvalue weighted by molar-refractivity contribution is -0.114. The highest BCUT2D eigenvalue weighted by Crippen LogP contribution is 2.42. The zero-order valence-corrected chi connectivity index (χ0v) is 18.1. The van der Waals surface area contributed by atoms with Gasteiger partial charge in [-0.15, -0.1) is 0 Å². The van der Waals surface area contributed by atoms with Crippen molar-refractivity contribution in [3.8, 4) is 0 Å². The lowest BCUT2D eigenvalue weighted by Crippen LogP contribution is -2.33. The van der Waals surface area contributed by atoms with Crippen LogP contribution in [-0.4, -0.2) is 40.2 Å². The second-order valence-corrected chi connectivity index (χ2v) is 9.06. The molecule has 1 aromatic heterocycles. The van der Waals surface area contributed by atoms with Crippen LogP contribution in [0.4, 0.5) is 8.78 Å². The summed E-state index contributed by atoms with van der Waals surface area (Å²) in [5, 5.41) is 20.5. The lowest BCUT2D eigenvalue weighted by Gasteiger charge is -2.33. The molecule has 8 heteroatoms. The maximum atomic E-state index is 12.4. The van der Waals surface area contributed by atoms with E-state index >= 15 is 0 Å². The summed E-state index contributed by atoms with van der Waals surface area (Å²) in [7, 11) is 0. The minimum atomic E-state index is -2.83. The van der Waals surface area contributed by atoms with E-state index in [1.54, 1.807) is 12.2 Å². The average Bonchev–Trinajstić information content (AvgIpc) is 3.07. The SMILES string of the molecule is C[C@H]1C=C(Cl)c2c(c([C@H]3C[C@@H](O)C[C@@H](CO)O3)cn2C[C@@H]2C=CC(OC(F)F)=CC2)C1. The highest BCUT2D eigenvalue weighted by atomic mass is 35.5. The molecule has 1 fully saturated rings. The Bertz CT molecular complexity index is 894. The number of ether oxygens (including phenoxy) is 2. The van der Waals surface area contributed by atoms with E-state index in [0.29, 0.717) is 30.8 Å². The van der Waals surface area contributed by atoms with Crippen LogP contribution in [0.3, 0.4) is 0 Å². The quantitative estimate of drug-likeness (QED) is 0.661. The first-order chi connectivity index (χ1) is 14.8. The van der Waals surface area contributed by atoms with E-state index in [2.05, 4.69) is 16.2 Å². The van der Waals surface area contributed by atoms with E-state index in [1.807, 2.05) is 18.3 Å². The molecular formula is C23H28ClF2NO4. The van der Waals surface area contributed by atoms with E-state index in [9.17, 15) is 19.0 Å². The molecule has 1 saturated heterocycles. The zero-order chi connectivity index (χ0) is 22.1. The molecule has 1 aromatic rings. The van der Waals surface area contributed by atoms with Gasteiger partial charge in [0.15, 0.2) is 0 Å². The molecule has 0 radical (unpaired) electrons. The van der Waals surface area contributed by atoms with Crippen LogP contribution in [0.2, 0.25) is 0 Å². The number of alkyl halides is 2. The van der Waals surface area contributed by atoms with Crippen LogP contribution in [0.15, 0.2) is 36.3 Å². The van der Waals surface area contributed by atoms with Crippen molar-refractivity contribution >= 4 is 16.6 Å². The van der Waals surface area contributed by atoms with Gasteiger partial charge in [-0.25, -0.2) is 0 Å². The normalized spacial score (nSPS) is 30.7. The number of allylic oxidation sites excluding steroid dienone is 4. The summed E-state index contributed by atoms with van der Waals surface area (Å²) < 4.78 is 37.5. The van der Waals surface area contributed by atoms with E-state index in [4.69, 9.17) is 16.3 Å². The number of fused-ring (bicyclic) bond motifs is 1. The minimum absolute atomic E-state index is 0.112. The molecule has 0 aromatic carbocycles. The number of nitrogens with zero attached hydrogens (tertiary/aromatic N) is 1. The van der Waals surface area contributed by atoms with Crippen LogP contribution >= 0.6 is 11.6 Å². The Balaban J connectivity index is 1.60. The molecule has 170 valence electrons. The summed E-state index contributed by atoms with van der Waals surface area (Å²) in [6, 6.07) is 0. The predicted octanol–water partition coefficient (Wildman–Crippen LogP) is 4.53. The van der Waals surface area contributed by atoms with Crippen LogP contribution in [0, 0.1) is 11.8 Å². The van der Waals surface area contributed by atoms with Gasteiger partial charge in [0.2, 0.25) is 0 Å². The van der Waals surface area contributed by atoms with Gasteiger partial charge in [-0.2, -0.15) is 8.78 Å².